The number of nitrogen functional groups attached to an aromatic ring is 1. The second-order valence-electron chi connectivity index (χ2n) is 5.13. The maximum atomic E-state index is 12.0. The van der Waals surface area contributed by atoms with Crippen molar-refractivity contribution in [3.05, 3.63) is 11.9 Å². The highest BCUT2D eigenvalue weighted by Gasteiger charge is 2.16. The summed E-state index contributed by atoms with van der Waals surface area (Å²) in [6.07, 6.45) is 3.76. The Labute approximate surface area is 109 Å². The molecule has 1 rings (SSSR count). The number of nitrogens with two attached hydrogens (primary N) is 1. The number of carbonyl (C=O) groups excluding carboxylic acids is 1. The van der Waals surface area contributed by atoms with Gasteiger partial charge in [0.15, 0.2) is 5.69 Å². The zero-order valence-electron chi connectivity index (χ0n) is 11.7. The van der Waals surface area contributed by atoms with Crippen LogP contribution in [-0.2, 0) is 6.54 Å². The molecule has 0 aromatic carbocycles. The minimum Gasteiger partial charge on any atom is -0.396 e. The van der Waals surface area contributed by atoms with Crippen LogP contribution >= 0.6 is 0 Å². The third kappa shape index (κ3) is 4.05. The summed E-state index contributed by atoms with van der Waals surface area (Å²) >= 11 is 0. The summed E-state index contributed by atoms with van der Waals surface area (Å²) in [5.74, 6) is 0.463. The van der Waals surface area contributed by atoms with E-state index in [-0.39, 0.29) is 11.9 Å². The van der Waals surface area contributed by atoms with E-state index in [0.29, 0.717) is 23.8 Å². The summed E-state index contributed by atoms with van der Waals surface area (Å²) in [5, 5.41) is 7.09. The number of carbonyl (C=O) groups is 1. The lowest BCUT2D eigenvalue weighted by molar-refractivity contribution is 0.0932. The maximum Gasteiger partial charge on any atom is 0.274 e. The van der Waals surface area contributed by atoms with Crippen molar-refractivity contribution in [2.24, 2.45) is 5.92 Å². The quantitative estimate of drug-likeness (QED) is 0.813. The Hall–Kier alpha value is -1.52. The highest BCUT2D eigenvalue weighted by atomic mass is 16.2. The molecule has 1 atom stereocenters. The highest BCUT2D eigenvalue weighted by molar-refractivity contribution is 5.97. The molecule has 1 heterocycles. The molecule has 0 radical (unpaired) electrons. The smallest absolute Gasteiger partial charge is 0.274 e. The number of rotatable bonds is 6. The van der Waals surface area contributed by atoms with Crippen molar-refractivity contribution in [1.29, 1.82) is 0 Å². The minimum atomic E-state index is -0.184. The standard InChI is InChI=1S/C13H24N4O/c1-5-17-8-11(14)12(16-17)13(18)15-10(4)7-6-9(2)3/h8-10H,5-7,14H2,1-4H3,(H,15,18). The molecule has 102 valence electrons. The van der Waals surface area contributed by atoms with Crippen LogP contribution in [0.4, 0.5) is 5.69 Å². The molecule has 0 fully saturated rings. The summed E-state index contributed by atoms with van der Waals surface area (Å²) in [5.41, 5.74) is 6.53. The number of amides is 1. The largest absolute Gasteiger partial charge is 0.396 e. The topological polar surface area (TPSA) is 72.9 Å². The number of nitrogens with one attached hydrogen (secondary N) is 1. The SMILES string of the molecule is CCn1cc(N)c(C(=O)NC(C)CCC(C)C)n1. The van der Waals surface area contributed by atoms with Gasteiger partial charge in [-0.05, 0) is 32.6 Å². The lowest BCUT2D eigenvalue weighted by atomic mass is 10.0. The van der Waals surface area contributed by atoms with Crippen LogP contribution in [0.1, 0.15) is 51.0 Å². The minimum absolute atomic E-state index is 0.145. The lowest BCUT2D eigenvalue weighted by Crippen LogP contribution is -2.33. The van der Waals surface area contributed by atoms with Crippen molar-refractivity contribution in [3.63, 3.8) is 0 Å². The molecule has 18 heavy (non-hydrogen) atoms. The van der Waals surface area contributed by atoms with Crippen LogP contribution in [0, 0.1) is 5.92 Å². The molecule has 0 aliphatic heterocycles. The summed E-state index contributed by atoms with van der Waals surface area (Å²) in [7, 11) is 0. The van der Waals surface area contributed by atoms with Gasteiger partial charge in [-0.1, -0.05) is 13.8 Å². The first kappa shape index (κ1) is 14.5. The van der Waals surface area contributed by atoms with E-state index in [1.54, 1.807) is 10.9 Å². The molecule has 0 saturated carbocycles. The monoisotopic (exact) mass is 252 g/mol. The number of aryl methyl sites for hydroxylation is 1. The van der Waals surface area contributed by atoms with E-state index in [1.165, 1.54) is 0 Å². The van der Waals surface area contributed by atoms with Gasteiger partial charge in [0.05, 0.1) is 5.69 Å². The predicted octanol–water partition coefficient (Wildman–Crippen LogP) is 2.04. The van der Waals surface area contributed by atoms with Gasteiger partial charge >= 0.3 is 0 Å². The second kappa shape index (κ2) is 6.42. The van der Waals surface area contributed by atoms with Crippen LogP contribution in [0.5, 0.6) is 0 Å². The molecular weight excluding hydrogens is 228 g/mol. The van der Waals surface area contributed by atoms with E-state index < -0.39 is 0 Å². The number of aromatic nitrogens is 2. The van der Waals surface area contributed by atoms with Gasteiger partial charge in [-0.3, -0.25) is 9.48 Å². The van der Waals surface area contributed by atoms with Crippen LogP contribution in [0.15, 0.2) is 6.20 Å². The average Bonchev–Trinajstić information content (AvgIpc) is 2.68. The fourth-order valence-electron chi connectivity index (χ4n) is 1.72. The molecule has 0 saturated heterocycles. The first-order valence-electron chi connectivity index (χ1n) is 6.57. The van der Waals surface area contributed by atoms with Crippen LogP contribution < -0.4 is 11.1 Å². The molecule has 1 aromatic heterocycles. The van der Waals surface area contributed by atoms with Gasteiger partial charge in [-0.15, -0.1) is 0 Å². The number of nitrogens with zero attached hydrogens (tertiary/aromatic N) is 2. The number of hydrogen-bond donors (Lipinski definition) is 2. The molecular formula is C13H24N4O. The van der Waals surface area contributed by atoms with E-state index >= 15 is 0 Å². The molecule has 0 aliphatic rings. The third-order valence-corrected chi connectivity index (χ3v) is 2.88. The van der Waals surface area contributed by atoms with E-state index in [0.717, 1.165) is 12.8 Å². The Kier molecular flexibility index (Phi) is 5.19. The van der Waals surface area contributed by atoms with Gasteiger partial charge in [0, 0.05) is 18.8 Å². The van der Waals surface area contributed by atoms with Crippen LogP contribution in [0.25, 0.3) is 0 Å². The highest BCUT2D eigenvalue weighted by Crippen LogP contribution is 2.11. The van der Waals surface area contributed by atoms with Crippen LogP contribution in [0.3, 0.4) is 0 Å². The van der Waals surface area contributed by atoms with E-state index in [9.17, 15) is 4.79 Å². The molecule has 1 amide bonds. The summed E-state index contributed by atoms with van der Waals surface area (Å²) in [6.45, 7) is 9.03. The lowest BCUT2D eigenvalue weighted by Gasteiger charge is -2.14. The normalized spacial score (nSPS) is 12.7. The Bertz CT molecular complexity index is 398. The number of hydrogen-bond acceptors (Lipinski definition) is 3. The Morgan fingerprint density at radius 1 is 1.44 bits per heavy atom. The molecule has 0 spiro atoms. The zero-order chi connectivity index (χ0) is 13.7. The molecule has 5 heteroatoms. The van der Waals surface area contributed by atoms with Crippen LogP contribution in [0.2, 0.25) is 0 Å². The van der Waals surface area contributed by atoms with Crippen molar-refractivity contribution < 1.29 is 4.79 Å². The molecule has 1 unspecified atom stereocenters. The third-order valence-electron chi connectivity index (χ3n) is 2.88. The first-order chi connectivity index (χ1) is 8.43. The Balaban J connectivity index is 2.56. The van der Waals surface area contributed by atoms with Crippen LogP contribution in [-0.4, -0.2) is 21.7 Å². The average molecular weight is 252 g/mol. The van der Waals surface area contributed by atoms with Crippen molar-refractivity contribution in [1.82, 2.24) is 15.1 Å². The van der Waals surface area contributed by atoms with E-state index in [1.807, 2.05) is 13.8 Å². The summed E-state index contributed by atoms with van der Waals surface area (Å²) in [6, 6.07) is 0.145. The molecule has 1 aromatic rings. The van der Waals surface area contributed by atoms with Crippen molar-refractivity contribution in [2.45, 2.75) is 53.1 Å². The molecule has 5 nitrogen and oxygen atoms in total. The van der Waals surface area contributed by atoms with Crippen molar-refractivity contribution in [3.8, 4) is 0 Å². The first-order valence-corrected chi connectivity index (χ1v) is 6.57. The van der Waals surface area contributed by atoms with Gasteiger partial charge in [0.1, 0.15) is 0 Å². The van der Waals surface area contributed by atoms with E-state index in [2.05, 4.69) is 24.3 Å². The molecule has 0 aliphatic carbocycles. The van der Waals surface area contributed by atoms with Gasteiger partial charge < -0.3 is 11.1 Å². The van der Waals surface area contributed by atoms with Gasteiger partial charge in [0.2, 0.25) is 0 Å². The van der Waals surface area contributed by atoms with Gasteiger partial charge in [-0.2, -0.15) is 5.10 Å². The second-order valence-corrected chi connectivity index (χ2v) is 5.13. The predicted molar refractivity (Wildman–Crippen MR) is 73.3 cm³/mol. The molecule has 0 bridgehead atoms. The Morgan fingerprint density at radius 3 is 2.61 bits per heavy atom. The fraction of sp³-hybridized carbons (Fsp3) is 0.692. The van der Waals surface area contributed by atoms with Gasteiger partial charge in [0.25, 0.3) is 5.91 Å². The maximum absolute atomic E-state index is 12.0. The Morgan fingerprint density at radius 2 is 2.11 bits per heavy atom. The number of anilines is 1. The van der Waals surface area contributed by atoms with Gasteiger partial charge in [-0.25, -0.2) is 0 Å². The van der Waals surface area contributed by atoms with Crippen molar-refractivity contribution >= 4 is 11.6 Å². The summed E-state index contributed by atoms with van der Waals surface area (Å²) in [4.78, 5) is 12.0. The summed E-state index contributed by atoms with van der Waals surface area (Å²) < 4.78 is 1.67. The molecule has 3 N–H and O–H groups in total. The van der Waals surface area contributed by atoms with E-state index in [4.69, 9.17) is 5.73 Å². The zero-order valence-corrected chi connectivity index (χ0v) is 11.7. The fourth-order valence-corrected chi connectivity index (χ4v) is 1.72. The van der Waals surface area contributed by atoms with Crippen molar-refractivity contribution in [2.75, 3.05) is 5.73 Å².